The van der Waals surface area contributed by atoms with Crippen molar-refractivity contribution in [2.75, 3.05) is 0 Å². The Kier molecular flexibility index (Phi) is 2.79. The van der Waals surface area contributed by atoms with Crippen LogP contribution in [0.3, 0.4) is 0 Å². The van der Waals surface area contributed by atoms with E-state index in [9.17, 15) is 4.39 Å². The van der Waals surface area contributed by atoms with Gasteiger partial charge in [-0.2, -0.15) is 0 Å². The fourth-order valence-corrected chi connectivity index (χ4v) is 4.06. The Bertz CT molecular complexity index is 448. The normalized spacial score (nSPS) is 35.5. The SMILES string of the molecule is NC1(Cc2ccc(Br)cc2F)CC2CCC1C2. The molecule has 1 aromatic carbocycles. The van der Waals surface area contributed by atoms with Gasteiger partial charge >= 0.3 is 0 Å². The number of nitrogens with two attached hydrogens (primary N) is 1. The van der Waals surface area contributed by atoms with E-state index in [0.717, 1.165) is 22.4 Å². The summed E-state index contributed by atoms with van der Waals surface area (Å²) in [6, 6.07) is 5.29. The first-order chi connectivity index (χ1) is 8.07. The second-order valence-electron chi connectivity index (χ2n) is 5.73. The van der Waals surface area contributed by atoms with Crippen LogP contribution in [0.4, 0.5) is 4.39 Å². The molecule has 2 saturated carbocycles. The average Bonchev–Trinajstić information content (AvgIpc) is 2.82. The van der Waals surface area contributed by atoms with Gasteiger partial charge in [0.2, 0.25) is 0 Å². The standard InChI is InChI=1S/C14H17BrFN/c15-12-4-2-10(13(16)6-12)8-14(17)7-9-1-3-11(14)5-9/h2,4,6,9,11H,1,3,5,7-8,17H2. The first kappa shape index (κ1) is 11.7. The smallest absolute Gasteiger partial charge is 0.127 e. The highest BCUT2D eigenvalue weighted by atomic mass is 79.9. The lowest BCUT2D eigenvalue weighted by Crippen LogP contribution is -2.47. The maximum absolute atomic E-state index is 13.8. The van der Waals surface area contributed by atoms with Crippen LogP contribution in [-0.4, -0.2) is 5.54 Å². The molecule has 0 amide bonds. The van der Waals surface area contributed by atoms with Crippen molar-refractivity contribution < 1.29 is 4.39 Å². The summed E-state index contributed by atoms with van der Waals surface area (Å²) in [5, 5.41) is 0. The molecule has 3 atom stereocenters. The van der Waals surface area contributed by atoms with Crippen molar-refractivity contribution in [1.82, 2.24) is 0 Å². The molecule has 2 N–H and O–H groups in total. The molecule has 1 aromatic rings. The lowest BCUT2D eigenvalue weighted by atomic mass is 9.77. The van der Waals surface area contributed by atoms with Crippen molar-refractivity contribution in [3.8, 4) is 0 Å². The summed E-state index contributed by atoms with van der Waals surface area (Å²) in [4.78, 5) is 0. The van der Waals surface area contributed by atoms with Gasteiger partial charge in [-0.25, -0.2) is 4.39 Å². The Labute approximate surface area is 110 Å². The lowest BCUT2D eigenvalue weighted by Gasteiger charge is -2.34. The first-order valence-corrected chi connectivity index (χ1v) is 7.09. The van der Waals surface area contributed by atoms with Crippen molar-refractivity contribution >= 4 is 15.9 Å². The van der Waals surface area contributed by atoms with Gasteiger partial charge in [-0.05, 0) is 55.2 Å². The van der Waals surface area contributed by atoms with Crippen molar-refractivity contribution in [3.05, 3.63) is 34.1 Å². The van der Waals surface area contributed by atoms with E-state index in [4.69, 9.17) is 5.73 Å². The third-order valence-corrected chi connectivity index (χ3v) is 5.05. The summed E-state index contributed by atoms with van der Waals surface area (Å²) in [5.74, 6) is 1.27. The van der Waals surface area contributed by atoms with E-state index < -0.39 is 0 Å². The van der Waals surface area contributed by atoms with Crippen LogP contribution in [0.25, 0.3) is 0 Å². The van der Waals surface area contributed by atoms with E-state index >= 15 is 0 Å². The van der Waals surface area contributed by atoms with Crippen LogP contribution in [0.15, 0.2) is 22.7 Å². The Morgan fingerprint density at radius 1 is 1.41 bits per heavy atom. The summed E-state index contributed by atoms with van der Waals surface area (Å²) in [6.45, 7) is 0. The number of hydrogen-bond donors (Lipinski definition) is 1. The summed E-state index contributed by atoms with van der Waals surface area (Å²) >= 11 is 3.28. The highest BCUT2D eigenvalue weighted by molar-refractivity contribution is 9.10. The first-order valence-electron chi connectivity index (χ1n) is 6.30. The molecule has 0 radical (unpaired) electrons. The molecule has 3 rings (SSSR count). The fourth-order valence-electron chi connectivity index (χ4n) is 3.72. The van der Waals surface area contributed by atoms with Gasteiger partial charge in [-0.1, -0.05) is 28.4 Å². The van der Waals surface area contributed by atoms with Crippen molar-refractivity contribution in [2.24, 2.45) is 17.6 Å². The molecular weight excluding hydrogens is 281 g/mol. The van der Waals surface area contributed by atoms with E-state index in [1.165, 1.54) is 25.3 Å². The number of benzene rings is 1. The molecule has 2 aliphatic rings. The molecule has 2 bridgehead atoms. The number of halogens is 2. The molecule has 3 heteroatoms. The quantitative estimate of drug-likeness (QED) is 0.886. The summed E-state index contributed by atoms with van der Waals surface area (Å²) in [6.07, 6.45) is 5.58. The predicted octanol–water partition coefficient (Wildman–Crippen LogP) is 3.65. The van der Waals surface area contributed by atoms with Gasteiger partial charge in [-0.3, -0.25) is 0 Å². The molecular formula is C14H17BrFN. The second-order valence-corrected chi connectivity index (χ2v) is 6.64. The average molecular weight is 298 g/mol. The maximum Gasteiger partial charge on any atom is 0.127 e. The van der Waals surface area contributed by atoms with Crippen molar-refractivity contribution in [3.63, 3.8) is 0 Å². The molecule has 1 nitrogen and oxygen atoms in total. The highest BCUT2D eigenvalue weighted by Gasteiger charge is 2.48. The molecule has 2 aliphatic carbocycles. The molecule has 0 heterocycles. The number of fused-ring (bicyclic) bond motifs is 2. The van der Waals surface area contributed by atoms with Crippen LogP contribution in [0.1, 0.15) is 31.2 Å². The third-order valence-electron chi connectivity index (χ3n) is 4.56. The van der Waals surface area contributed by atoms with E-state index in [-0.39, 0.29) is 11.4 Å². The van der Waals surface area contributed by atoms with Crippen molar-refractivity contribution in [1.29, 1.82) is 0 Å². The zero-order chi connectivity index (χ0) is 12.0. The highest BCUT2D eigenvalue weighted by Crippen LogP contribution is 2.50. The van der Waals surface area contributed by atoms with Gasteiger partial charge in [0.25, 0.3) is 0 Å². The van der Waals surface area contributed by atoms with E-state index in [1.54, 1.807) is 0 Å². The maximum atomic E-state index is 13.8. The minimum Gasteiger partial charge on any atom is -0.325 e. The number of rotatable bonds is 2. The Hall–Kier alpha value is -0.410. The van der Waals surface area contributed by atoms with Crippen LogP contribution in [0.5, 0.6) is 0 Å². The molecule has 3 unspecified atom stereocenters. The van der Waals surface area contributed by atoms with Crippen LogP contribution in [-0.2, 0) is 6.42 Å². The largest absolute Gasteiger partial charge is 0.325 e. The van der Waals surface area contributed by atoms with Crippen LogP contribution >= 0.6 is 15.9 Å². The van der Waals surface area contributed by atoms with Gasteiger partial charge in [0.15, 0.2) is 0 Å². The monoisotopic (exact) mass is 297 g/mol. The summed E-state index contributed by atoms with van der Waals surface area (Å²) in [5.41, 5.74) is 7.12. The summed E-state index contributed by atoms with van der Waals surface area (Å²) in [7, 11) is 0. The lowest BCUT2D eigenvalue weighted by molar-refractivity contribution is 0.267. The Balaban J connectivity index is 1.83. The summed E-state index contributed by atoms with van der Waals surface area (Å²) < 4.78 is 14.6. The van der Waals surface area contributed by atoms with Crippen LogP contribution in [0.2, 0.25) is 0 Å². The molecule has 0 spiro atoms. The molecule has 0 saturated heterocycles. The van der Waals surface area contributed by atoms with Crippen LogP contribution < -0.4 is 5.73 Å². The van der Waals surface area contributed by atoms with Crippen molar-refractivity contribution in [2.45, 2.75) is 37.6 Å². The second kappa shape index (κ2) is 4.06. The third kappa shape index (κ3) is 2.04. The predicted molar refractivity (Wildman–Crippen MR) is 70.2 cm³/mol. The van der Waals surface area contributed by atoms with Gasteiger partial charge in [0.1, 0.15) is 5.82 Å². The minimum absolute atomic E-state index is 0.132. The van der Waals surface area contributed by atoms with E-state index in [1.807, 2.05) is 12.1 Å². The number of hydrogen-bond acceptors (Lipinski definition) is 1. The Morgan fingerprint density at radius 3 is 2.82 bits per heavy atom. The zero-order valence-corrected chi connectivity index (χ0v) is 11.3. The van der Waals surface area contributed by atoms with Gasteiger partial charge < -0.3 is 5.73 Å². The van der Waals surface area contributed by atoms with Crippen LogP contribution in [0, 0.1) is 17.7 Å². The molecule has 92 valence electrons. The minimum atomic E-state index is -0.155. The molecule has 0 aromatic heterocycles. The van der Waals surface area contributed by atoms with Gasteiger partial charge in [-0.15, -0.1) is 0 Å². The fraction of sp³-hybridized carbons (Fsp3) is 0.571. The van der Waals surface area contributed by atoms with E-state index in [0.29, 0.717) is 12.3 Å². The van der Waals surface area contributed by atoms with Gasteiger partial charge in [0, 0.05) is 10.0 Å². The van der Waals surface area contributed by atoms with E-state index in [2.05, 4.69) is 15.9 Å². The topological polar surface area (TPSA) is 26.0 Å². The molecule has 0 aliphatic heterocycles. The van der Waals surface area contributed by atoms with Gasteiger partial charge in [0.05, 0.1) is 0 Å². The zero-order valence-electron chi connectivity index (χ0n) is 9.76. The molecule has 2 fully saturated rings. The Morgan fingerprint density at radius 2 is 2.24 bits per heavy atom. The molecule has 17 heavy (non-hydrogen) atoms.